The molecule has 0 aromatic rings. The number of likely N-dealkylation sites (N-methyl/N-ethyl adjacent to an activating group) is 1. The van der Waals surface area contributed by atoms with E-state index in [0.29, 0.717) is 12.7 Å². The van der Waals surface area contributed by atoms with Crippen LogP contribution in [-0.4, -0.2) is 25.3 Å². The van der Waals surface area contributed by atoms with E-state index in [1.165, 1.54) is 12.8 Å². The van der Waals surface area contributed by atoms with Gasteiger partial charge in [-0.3, -0.25) is 0 Å². The van der Waals surface area contributed by atoms with Crippen LogP contribution in [0.1, 0.15) is 39.5 Å². The number of nitrogens with one attached hydrogen (secondary N) is 1. The third kappa shape index (κ3) is 3.81. The standard InChI is InChI=1S/C12H22N2O/c1-10-5-4-6-11(7-10)15-9-12(2,8-13)14-3/h10-11,14H,4-7,9H2,1-3H3. The highest BCUT2D eigenvalue weighted by atomic mass is 16.5. The molecule has 3 heteroatoms. The van der Waals surface area contributed by atoms with Gasteiger partial charge in [0.05, 0.1) is 18.8 Å². The summed E-state index contributed by atoms with van der Waals surface area (Å²) >= 11 is 0. The molecule has 0 aliphatic heterocycles. The predicted octanol–water partition coefficient (Wildman–Crippen LogP) is 2.08. The van der Waals surface area contributed by atoms with Gasteiger partial charge in [-0.15, -0.1) is 0 Å². The summed E-state index contributed by atoms with van der Waals surface area (Å²) in [4.78, 5) is 0. The van der Waals surface area contributed by atoms with Crippen LogP contribution in [0, 0.1) is 17.2 Å². The van der Waals surface area contributed by atoms with Gasteiger partial charge in [0.2, 0.25) is 0 Å². The minimum atomic E-state index is -0.541. The molecule has 86 valence electrons. The van der Waals surface area contributed by atoms with Gasteiger partial charge in [-0.1, -0.05) is 19.8 Å². The maximum Gasteiger partial charge on any atom is 0.127 e. The lowest BCUT2D eigenvalue weighted by Crippen LogP contribution is -2.44. The molecule has 3 unspecified atom stereocenters. The Balaban J connectivity index is 2.33. The van der Waals surface area contributed by atoms with Gasteiger partial charge in [0, 0.05) is 0 Å². The van der Waals surface area contributed by atoms with Crippen LogP contribution >= 0.6 is 0 Å². The Morgan fingerprint density at radius 2 is 2.27 bits per heavy atom. The van der Waals surface area contributed by atoms with Crippen molar-refractivity contribution < 1.29 is 4.74 Å². The lowest BCUT2D eigenvalue weighted by molar-refractivity contribution is -0.00310. The van der Waals surface area contributed by atoms with E-state index in [1.54, 1.807) is 7.05 Å². The fourth-order valence-electron chi connectivity index (χ4n) is 1.97. The molecule has 0 aromatic carbocycles. The lowest BCUT2D eigenvalue weighted by Gasteiger charge is -2.30. The van der Waals surface area contributed by atoms with Crippen molar-refractivity contribution in [2.24, 2.45) is 5.92 Å². The van der Waals surface area contributed by atoms with E-state index in [1.807, 2.05) is 6.92 Å². The van der Waals surface area contributed by atoms with E-state index in [2.05, 4.69) is 18.3 Å². The van der Waals surface area contributed by atoms with Crippen LogP contribution in [0.25, 0.3) is 0 Å². The summed E-state index contributed by atoms with van der Waals surface area (Å²) in [5.74, 6) is 0.770. The second-order valence-corrected chi connectivity index (χ2v) is 4.90. The van der Waals surface area contributed by atoms with Crippen molar-refractivity contribution in [1.29, 1.82) is 5.26 Å². The molecule has 0 spiro atoms. The molecule has 1 saturated carbocycles. The van der Waals surface area contributed by atoms with Crippen molar-refractivity contribution in [3.05, 3.63) is 0 Å². The number of rotatable bonds is 4. The molecule has 1 fully saturated rings. The van der Waals surface area contributed by atoms with Crippen LogP contribution in [0.2, 0.25) is 0 Å². The molecule has 3 atom stereocenters. The lowest BCUT2D eigenvalue weighted by atomic mass is 9.88. The fraction of sp³-hybridized carbons (Fsp3) is 0.917. The van der Waals surface area contributed by atoms with Crippen molar-refractivity contribution in [2.75, 3.05) is 13.7 Å². The minimum absolute atomic E-state index is 0.356. The first kappa shape index (κ1) is 12.5. The van der Waals surface area contributed by atoms with Crippen molar-refractivity contribution in [1.82, 2.24) is 5.32 Å². The molecule has 0 bridgehead atoms. The summed E-state index contributed by atoms with van der Waals surface area (Å²) in [6.07, 6.45) is 5.23. The summed E-state index contributed by atoms with van der Waals surface area (Å²) in [6.45, 7) is 4.63. The van der Waals surface area contributed by atoms with Crippen molar-refractivity contribution in [2.45, 2.75) is 51.2 Å². The molecule has 0 aromatic heterocycles. The van der Waals surface area contributed by atoms with E-state index < -0.39 is 5.54 Å². The molecular weight excluding hydrogens is 188 g/mol. The van der Waals surface area contributed by atoms with Gasteiger partial charge in [-0.25, -0.2) is 0 Å². The van der Waals surface area contributed by atoms with Crippen LogP contribution < -0.4 is 5.32 Å². The predicted molar refractivity (Wildman–Crippen MR) is 60.4 cm³/mol. The quantitative estimate of drug-likeness (QED) is 0.772. The highest BCUT2D eigenvalue weighted by Crippen LogP contribution is 2.26. The number of nitriles is 1. The number of ether oxygens (including phenoxy) is 1. The maximum atomic E-state index is 8.97. The molecule has 0 amide bonds. The van der Waals surface area contributed by atoms with Crippen molar-refractivity contribution in [3.8, 4) is 6.07 Å². The van der Waals surface area contributed by atoms with Gasteiger partial charge < -0.3 is 10.1 Å². The second-order valence-electron chi connectivity index (χ2n) is 4.90. The highest BCUT2D eigenvalue weighted by molar-refractivity contribution is 5.03. The Morgan fingerprint density at radius 3 is 2.80 bits per heavy atom. The van der Waals surface area contributed by atoms with Crippen LogP contribution in [0.3, 0.4) is 0 Å². The minimum Gasteiger partial charge on any atom is -0.375 e. The number of hydrogen-bond donors (Lipinski definition) is 1. The van der Waals surface area contributed by atoms with Gasteiger partial charge in [-0.05, 0) is 32.7 Å². The first-order chi connectivity index (χ1) is 7.09. The number of hydrogen-bond acceptors (Lipinski definition) is 3. The van der Waals surface area contributed by atoms with Gasteiger partial charge in [0.1, 0.15) is 5.54 Å². The van der Waals surface area contributed by atoms with Gasteiger partial charge >= 0.3 is 0 Å². The van der Waals surface area contributed by atoms with Crippen molar-refractivity contribution in [3.63, 3.8) is 0 Å². The Morgan fingerprint density at radius 1 is 1.53 bits per heavy atom. The summed E-state index contributed by atoms with van der Waals surface area (Å²) < 4.78 is 5.82. The van der Waals surface area contributed by atoms with Gasteiger partial charge in [0.15, 0.2) is 0 Å². The number of nitrogens with zero attached hydrogens (tertiary/aromatic N) is 1. The molecule has 1 N–H and O–H groups in total. The SMILES string of the molecule is CNC(C)(C#N)COC1CCCC(C)C1. The average molecular weight is 210 g/mol. The third-order valence-corrected chi connectivity index (χ3v) is 3.29. The van der Waals surface area contributed by atoms with E-state index >= 15 is 0 Å². The summed E-state index contributed by atoms with van der Waals surface area (Å²) in [6, 6.07) is 2.24. The van der Waals surface area contributed by atoms with Crippen LogP contribution in [0.4, 0.5) is 0 Å². The van der Waals surface area contributed by atoms with Crippen LogP contribution in [-0.2, 0) is 4.74 Å². The normalized spacial score (nSPS) is 30.5. The van der Waals surface area contributed by atoms with E-state index in [-0.39, 0.29) is 0 Å². The summed E-state index contributed by atoms with van der Waals surface area (Å²) in [7, 11) is 1.80. The molecular formula is C12H22N2O. The maximum absolute atomic E-state index is 8.97. The van der Waals surface area contributed by atoms with Gasteiger partial charge in [0.25, 0.3) is 0 Å². The average Bonchev–Trinajstić information content (AvgIpc) is 2.26. The Labute approximate surface area is 92.8 Å². The Hall–Kier alpha value is -0.590. The Kier molecular flexibility index (Phi) is 4.56. The van der Waals surface area contributed by atoms with Gasteiger partial charge in [-0.2, -0.15) is 5.26 Å². The molecule has 1 aliphatic carbocycles. The monoisotopic (exact) mass is 210 g/mol. The first-order valence-corrected chi connectivity index (χ1v) is 5.81. The summed E-state index contributed by atoms with van der Waals surface area (Å²) in [5, 5.41) is 12.0. The zero-order valence-electron chi connectivity index (χ0n) is 10.0. The molecule has 0 heterocycles. The molecule has 1 rings (SSSR count). The highest BCUT2D eigenvalue weighted by Gasteiger charge is 2.25. The molecule has 0 saturated heterocycles. The zero-order chi connectivity index (χ0) is 11.3. The fourth-order valence-corrected chi connectivity index (χ4v) is 1.97. The molecule has 1 aliphatic rings. The molecule has 15 heavy (non-hydrogen) atoms. The van der Waals surface area contributed by atoms with Crippen LogP contribution in [0.5, 0.6) is 0 Å². The van der Waals surface area contributed by atoms with Crippen molar-refractivity contribution >= 4 is 0 Å². The second kappa shape index (κ2) is 5.48. The van der Waals surface area contributed by atoms with E-state index in [4.69, 9.17) is 10.00 Å². The first-order valence-electron chi connectivity index (χ1n) is 5.81. The largest absolute Gasteiger partial charge is 0.375 e. The van der Waals surface area contributed by atoms with Crippen LogP contribution in [0.15, 0.2) is 0 Å². The molecule has 3 nitrogen and oxygen atoms in total. The van der Waals surface area contributed by atoms with E-state index in [9.17, 15) is 0 Å². The zero-order valence-corrected chi connectivity index (χ0v) is 10.0. The third-order valence-electron chi connectivity index (χ3n) is 3.29. The molecule has 0 radical (unpaired) electrons. The van der Waals surface area contributed by atoms with E-state index in [0.717, 1.165) is 18.8 Å². The smallest absolute Gasteiger partial charge is 0.127 e. The summed E-state index contributed by atoms with van der Waals surface area (Å²) in [5.41, 5.74) is -0.541. The topological polar surface area (TPSA) is 45.0 Å². The Bertz CT molecular complexity index is 236.